The summed E-state index contributed by atoms with van der Waals surface area (Å²) < 4.78 is 77.8. The Labute approximate surface area is 169 Å². The molecule has 162 valence electrons. The Bertz CT molecular complexity index is 886. The van der Waals surface area contributed by atoms with Crippen LogP contribution in [0.4, 0.5) is 26.3 Å². The van der Waals surface area contributed by atoms with Crippen LogP contribution in [0.1, 0.15) is 39.9 Å². The number of rotatable bonds is 4. The zero-order valence-electron chi connectivity index (χ0n) is 15.9. The van der Waals surface area contributed by atoms with Gasteiger partial charge in [-0.3, -0.25) is 9.69 Å². The Morgan fingerprint density at radius 3 is 2.23 bits per heavy atom. The Morgan fingerprint density at radius 2 is 1.60 bits per heavy atom. The van der Waals surface area contributed by atoms with E-state index < -0.39 is 35.0 Å². The molecule has 1 heterocycles. The molecule has 0 bridgehead atoms. The lowest BCUT2D eigenvalue weighted by molar-refractivity contribution is -0.138. The molecule has 1 aliphatic rings. The van der Waals surface area contributed by atoms with E-state index in [1.54, 1.807) is 6.07 Å². The van der Waals surface area contributed by atoms with Gasteiger partial charge in [0, 0.05) is 25.7 Å². The summed E-state index contributed by atoms with van der Waals surface area (Å²) in [5.41, 5.74) is -1.57. The first-order chi connectivity index (χ1) is 14.0. The third-order valence-electron chi connectivity index (χ3n) is 5.06. The molecule has 2 aromatic carbocycles. The van der Waals surface area contributed by atoms with Gasteiger partial charge in [0.15, 0.2) is 0 Å². The Kier molecular flexibility index (Phi) is 6.40. The molecule has 0 aliphatic carbocycles. The molecule has 2 aromatic rings. The molecule has 0 radical (unpaired) electrons. The monoisotopic (exact) mass is 430 g/mol. The lowest BCUT2D eigenvalue weighted by Crippen LogP contribution is -2.44. The second-order valence-corrected chi connectivity index (χ2v) is 7.27. The van der Waals surface area contributed by atoms with Gasteiger partial charge in [0.05, 0.1) is 16.7 Å². The van der Waals surface area contributed by atoms with Crippen LogP contribution in [-0.2, 0) is 18.9 Å². The lowest BCUT2D eigenvalue weighted by atomic mass is 10.0. The molecule has 0 saturated carbocycles. The van der Waals surface area contributed by atoms with Crippen molar-refractivity contribution in [2.24, 2.45) is 0 Å². The SMILES string of the molecule is O=C(NC1CCN(Cc2cccc(C(F)(F)F)c2)CC1)c1ccccc1C(F)(F)F. The number of nitrogens with zero attached hydrogens (tertiary/aromatic N) is 1. The summed E-state index contributed by atoms with van der Waals surface area (Å²) in [4.78, 5) is 14.3. The zero-order chi connectivity index (χ0) is 21.9. The van der Waals surface area contributed by atoms with E-state index in [1.165, 1.54) is 18.2 Å². The van der Waals surface area contributed by atoms with Gasteiger partial charge in [0.1, 0.15) is 0 Å². The molecule has 30 heavy (non-hydrogen) atoms. The van der Waals surface area contributed by atoms with Crippen molar-refractivity contribution in [3.8, 4) is 0 Å². The van der Waals surface area contributed by atoms with Crippen molar-refractivity contribution in [1.29, 1.82) is 0 Å². The first-order valence-corrected chi connectivity index (χ1v) is 9.39. The van der Waals surface area contributed by atoms with E-state index in [9.17, 15) is 31.1 Å². The molecule has 1 N–H and O–H groups in total. The minimum absolute atomic E-state index is 0.295. The maximum Gasteiger partial charge on any atom is 0.417 e. The fourth-order valence-electron chi connectivity index (χ4n) is 3.53. The van der Waals surface area contributed by atoms with Crippen LogP contribution in [0.2, 0.25) is 0 Å². The molecule has 0 spiro atoms. The van der Waals surface area contributed by atoms with E-state index in [0.717, 1.165) is 24.3 Å². The van der Waals surface area contributed by atoms with Crippen LogP contribution in [0, 0.1) is 0 Å². The minimum Gasteiger partial charge on any atom is -0.349 e. The Morgan fingerprint density at radius 1 is 0.933 bits per heavy atom. The zero-order valence-corrected chi connectivity index (χ0v) is 15.9. The normalized spacial score (nSPS) is 16.5. The number of likely N-dealkylation sites (tertiary alicyclic amines) is 1. The smallest absolute Gasteiger partial charge is 0.349 e. The summed E-state index contributed by atoms with van der Waals surface area (Å²) in [5.74, 6) is -0.778. The van der Waals surface area contributed by atoms with Crippen LogP contribution in [0.15, 0.2) is 48.5 Å². The van der Waals surface area contributed by atoms with E-state index in [1.807, 2.05) is 4.90 Å². The maximum atomic E-state index is 13.1. The number of nitrogens with one attached hydrogen (secondary N) is 1. The third kappa shape index (κ3) is 5.53. The van der Waals surface area contributed by atoms with Gasteiger partial charge in [-0.2, -0.15) is 26.3 Å². The highest BCUT2D eigenvalue weighted by molar-refractivity contribution is 5.96. The van der Waals surface area contributed by atoms with Gasteiger partial charge in [-0.25, -0.2) is 0 Å². The van der Waals surface area contributed by atoms with Gasteiger partial charge in [-0.15, -0.1) is 0 Å². The van der Waals surface area contributed by atoms with Crippen LogP contribution >= 0.6 is 0 Å². The summed E-state index contributed by atoms with van der Waals surface area (Å²) in [6, 6.07) is 9.43. The molecule has 0 aromatic heterocycles. The van der Waals surface area contributed by atoms with Crippen LogP contribution in [0.3, 0.4) is 0 Å². The summed E-state index contributed by atoms with van der Waals surface area (Å²) >= 11 is 0. The van der Waals surface area contributed by atoms with Crippen molar-refractivity contribution in [3.63, 3.8) is 0 Å². The van der Waals surface area contributed by atoms with Gasteiger partial charge in [0.25, 0.3) is 5.91 Å². The highest BCUT2D eigenvalue weighted by atomic mass is 19.4. The fraction of sp³-hybridized carbons (Fsp3) is 0.381. The number of hydrogen-bond donors (Lipinski definition) is 1. The third-order valence-corrected chi connectivity index (χ3v) is 5.06. The molecule has 3 rings (SSSR count). The number of piperidine rings is 1. The van der Waals surface area contributed by atoms with Crippen LogP contribution in [-0.4, -0.2) is 29.9 Å². The molecule has 0 unspecified atom stereocenters. The van der Waals surface area contributed by atoms with E-state index in [2.05, 4.69) is 5.32 Å². The molecule has 1 saturated heterocycles. The molecule has 1 fully saturated rings. The summed E-state index contributed by atoms with van der Waals surface area (Å²) in [5, 5.41) is 2.65. The maximum absolute atomic E-state index is 13.1. The molecule has 1 aliphatic heterocycles. The van der Waals surface area contributed by atoms with Crippen molar-refractivity contribution < 1.29 is 31.1 Å². The first-order valence-electron chi connectivity index (χ1n) is 9.39. The lowest BCUT2D eigenvalue weighted by Gasteiger charge is -2.32. The number of carbonyl (C=O) groups excluding carboxylic acids is 1. The topological polar surface area (TPSA) is 32.3 Å². The summed E-state index contributed by atoms with van der Waals surface area (Å²) in [7, 11) is 0. The van der Waals surface area contributed by atoms with E-state index in [-0.39, 0.29) is 6.04 Å². The predicted molar refractivity (Wildman–Crippen MR) is 98.7 cm³/mol. The van der Waals surface area contributed by atoms with Crippen molar-refractivity contribution in [2.45, 2.75) is 37.8 Å². The highest BCUT2D eigenvalue weighted by Crippen LogP contribution is 2.32. The van der Waals surface area contributed by atoms with Crippen LogP contribution in [0.25, 0.3) is 0 Å². The van der Waals surface area contributed by atoms with Gasteiger partial charge in [-0.05, 0) is 36.6 Å². The molecular weight excluding hydrogens is 410 g/mol. The summed E-state index contributed by atoms with van der Waals surface area (Å²) in [6.07, 6.45) is -8.03. The summed E-state index contributed by atoms with van der Waals surface area (Å²) in [6.45, 7) is 1.37. The number of halogens is 6. The van der Waals surface area contributed by atoms with E-state index >= 15 is 0 Å². The number of amides is 1. The van der Waals surface area contributed by atoms with Crippen molar-refractivity contribution in [1.82, 2.24) is 10.2 Å². The largest absolute Gasteiger partial charge is 0.417 e. The molecule has 0 atom stereocenters. The quantitative estimate of drug-likeness (QED) is 0.683. The van der Waals surface area contributed by atoms with Crippen LogP contribution < -0.4 is 5.32 Å². The van der Waals surface area contributed by atoms with Gasteiger partial charge in [-0.1, -0.05) is 30.3 Å². The highest BCUT2D eigenvalue weighted by Gasteiger charge is 2.35. The van der Waals surface area contributed by atoms with E-state index in [0.29, 0.717) is 38.0 Å². The Balaban J connectivity index is 1.56. The van der Waals surface area contributed by atoms with E-state index in [4.69, 9.17) is 0 Å². The number of hydrogen-bond acceptors (Lipinski definition) is 2. The second kappa shape index (κ2) is 8.67. The average molecular weight is 430 g/mol. The molecule has 1 amide bonds. The minimum atomic E-state index is -4.62. The van der Waals surface area contributed by atoms with Crippen molar-refractivity contribution in [3.05, 3.63) is 70.8 Å². The molecule has 3 nitrogen and oxygen atoms in total. The Hall–Kier alpha value is -2.55. The first kappa shape index (κ1) is 22.1. The average Bonchev–Trinajstić information content (AvgIpc) is 2.68. The second-order valence-electron chi connectivity index (χ2n) is 7.27. The van der Waals surface area contributed by atoms with Crippen molar-refractivity contribution in [2.75, 3.05) is 13.1 Å². The number of carbonyl (C=O) groups is 1. The van der Waals surface area contributed by atoms with Gasteiger partial charge >= 0.3 is 12.4 Å². The fourth-order valence-corrected chi connectivity index (χ4v) is 3.53. The standard InChI is InChI=1S/C21H20F6N2O/c22-20(23,24)15-5-3-4-14(12-15)13-29-10-8-16(9-11-29)28-19(30)17-6-1-2-7-18(17)21(25,26)27/h1-7,12,16H,8-11,13H2,(H,28,30). The molecule has 9 heteroatoms. The van der Waals surface area contributed by atoms with Crippen LogP contribution in [0.5, 0.6) is 0 Å². The number of alkyl halides is 6. The number of benzene rings is 2. The van der Waals surface area contributed by atoms with Gasteiger partial charge < -0.3 is 5.32 Å². The van der Waals surface area contributed by atoms with Crippen molar-refractivity contribution >= 4 is 5.91 Å². The predicted octanol–water partition coefficient (Wildman–Crippen LogP) is 5.12. The molecular formula is C21H20F6N2O. The van der Waals surface area contributed by atoms with Gasteiger partial charge in [0.2, 0.25) is 0 Å².